The van der Waals surface area contributed by atoms with E-state index in [2.05, 4.69) is 18.7 Å². The van der Waals surface area contributed by atoms with Crippen LogP contribution in [-0.4, -0.2) is 11.1 Å². The van der Waals surface area contributed by atoms with Crippen molar-refractivity contribution in [3.63, 3.8) is 0 Å². The molecule has 1 aliphatic carbocycles. The van der Waals surface area contributed by atoms with E-state index in [4.69, 9.17) is 5.11 Å². The smallest absolute Gasteiger partial charge is 0.307 e. The first-order valence-electron chi connectivity index (χ1n) is 4.24. The molecular weight excluding hydrogens is 152 g/mol. The van der Waals surface area contributed by atoms with E-state index >= 15 is 0 Å². The van der Waals surface area contributed by atoms with Crippen LogP contribution in [0, 0.1) is 11.8 Å². The van der Waals surface area contributed by atoms with E-state index in [1.807, 2.05) is 0 Å². The molecule has 1 unspecified atom stereocenters. The fourth-order valence-corrected chi connectivity index (χ4v) is 1.64. The third-order valence-corrected chi connectivity index (χ3v) is 2.35. The summed E-state index contributed by atoms with van der Waals surface area (Å²) in [7, 11) is 0. The summed E-state index contributed by atoms with van der Waals surface area (Å²) in [4.78, 5) is 10.8. The molecule has 0 saturated carbocycles. The van der Waals surface area contributed by atoms with E-state index in [0.717, 1.165) is 12.8 Å². The highest BCUT2D eigenvalue weighted by Crippen LogP contribution is 2.28. The normalized spacial score (nSPS) is 19.3. The number of carboxylic acid groups (broad SMARTS) is 1. The average Bonchev–Trinajstić information content (AvgIpc) is 2.51. The number of carboxylic acids is 1. The van der Waals surface area contributed by atoms with Gasteiger partial charge in [-0.05, 0) is 25.2 Å². The molecule has 2 nitrogen and oxygen atoms in total. The van der Waals surface area contributed by atoms with Gasteiger partial charge in [-0.1, -0.05) is 18.2 Å². The zero-order valence-corrected chi connectivity index (χ0v) is 7.07. The minimum atomic E-state index is -0.691. The maximum absolute atomic E-state index is 10.8. The summed E-state index contributed by atoms with van der Waals surface area (Å²) in [5, 5.41) is 8.89. The standard InChI is InChI=1S/C10H14O2/c1-2-5-9(10(11)12)8-6-3-4-7-8/h2-4,8-9H,1,5-7H2,(H,11,12). The Morgan fingerprint density at radius 2 is 2.25 bits per heavy atom. The maximum Gasteiger partial charge on any atom is 0.307 e. The Morgan fingerprint density at radius 1 is 1.67 bits per heavy atom. The van der Waals surface area contributed by atoms with Crippen LogP contribution in [0.1, 0.15) is 19.3 Å². The second-order valence-electron chi connectivity index (χ2n) is 3.17. The molecule has 1 N–H and O–H groups in total. The van der Waals surface area contributed by atoms with Crippen molar-refractivity contribution >= 4 is 5.97 Å². The van der Waals surface area contributed by atoms with Crippen LogP contribution in [0.25, 0.3) is 0 Å². The maximum atomic E-state index is 10.8. The molecule has 0 amide bonds. The Bertz CT molecular complexity index is 198. The van der Waals surface area contributed by atoms with E-state index in [-0.39, 0.29) is 5.92 Å². The monoisotopic (exact) mass is 166 g/mol. The average molecular weight is 166 g/mol. The van der Waals surface area contributed by atoms with Gasteiger partial charge in [0.05, 0.1) is 5.92 Å². The van der Waals surface area contributed by atoms with Gasteiger partial charge in [-0.3, -0.25) is 4.79 Å². The highest BCUT2D eigenvalue weighted by atomic mass is 16.4. The third kappa shape index (κ3) is 1.97. The highest BCUT2D eigenvalue weighted by Gasteiger charge is 2.26. The fraction of sp³-hybridized carbons (Fsp3) is 0.500. The first-order valence-corrected chi connectivity index (χ1v) is 4.24. The minimum absolute atomic E-state index is 0.238. The van der Waals surface area contributed by atoms with Gasteiger partial charge in [0.25, 0.3) is 0 Å². The molecule has 2 heteroatoms. The number of allylic oxidation sites excluding steroid dienone is 3. The zero-order valence-electron chi connectivity index (χ0n) is 7.07. The molecule has 0 aromatic rings. The molecule has 0 fully saturated rings. The predicted molar refractivity (Wildman–Crippen MR) is 47.8 cm³/mol. The van der Waals surface area contributed by atoms with Gasteiger partial charge in [-0.2, -0.15) is 0 Å². The predicted octanol–water partition coefficient (Wildman–Crippen LogP) is 2.23. The van der Waals surface area contributed by atoms with Crippen molar-refractivity contribution < 1.29 is 9.90 Å². The molecule has 1 rings (SSSR count). The van der Waals surface area contributed by atoms with Gasteiger partial charge in [0.2, 0.25) is 0 Å². The van der Waals surface area contributed by atoms with Gasteiger partial charge >= 0.3 is 5.97 Å². The summed E-state index contributed by atoms with van der Waals surface area (Å²) in [6, 6.07) is 0. The van der Waals surface area contributed by atoms with E-state index in [0.29, 0.717) is 12.3 Å². The van der Waals surface area contributed by atoms with Crippen LogP contribution in [0.3, 0.4) is 0 Å². The summed E-state index contributed by atoms with van der Waals surface area (Å²) in [6.45, 7) is 3.57. The lowest BCUT2D eigenvalue weighted by molar-refractivity contribution is -0.143. The second-order valence-corrected chi connectivity index (χ2v) is 3.17. The number of rotatable bonds is 4. The molecule has 0 aromatic carbocycles. The van der Waals surface area contributed by atoms with Crippen LogP contribution in [0.15, 0.2) is 24.8 Å². The quantitative estimate of drug-likeness (QED) is 0.650. The van der Waals surface area contributed by atoms with Gasteiger partial charge in [-0.15, -0.1) is 6.58 Å². The van der Waals surface area contributed by atoms with Crippen LogP contribution in [0.4, 0.5) is 0 Å². The van der Waals surface area contributed by atoms with Gasteiger partial charge in [0.15, 0.2) is 0 Å². The van der Waals surface area contributed by atoms with E-state index in [1.54, 1.807) is 6.08 Å². The first kappa shape index (κ1) is 9.04. The SMILES string of the molecule is C=CCC(C(=O)O)C1CC=CC1. The van der Waals surface area contributed by atoms with E-state index < -0.39 is 5.97 Å². The molecule has 1 atom stereocenters. The van der Waals surface area contributed by atoms with Crippen molar-refractivity contribution in [1.82, 2.24) is 0 Å². The van der Waals surface area contributed by atoms with Crippen molar-refractivity contribution in [2.45, 2.75) is 19.3 Å². The molecule has 66 valence electrons. The molecule has 0 bridgehead atoms. The minimum Gasteiger partial charge on any atom is -0.481 e. The molecule has 0 aliphatic heterocycles. The number of aliphatic carboxylic acids is 1. The topological polar surface area (TPSA) is 37.3 Å². The summed E-state index contributed by atoms with van der Waals surface area (Å²) < 4.78 is 0. The lowest BCUT2D eigenvalue weighted by atomic mass is 9.88. The third-order valence-electron chi connectivity index (χ3n) is 2.35. The highest BCUT2D eigenvalue weighted by molar-refractivity contribution is 5.70. The summed E-state index contributed by atoms with van der Waals surface area (Å²) in [6.07, 6.45) is 8.21. The number of carbonyl (C=O) groups is 1. The molecular formula is C10H14O2. The largest absolute Gasteiger partial charge is 0.481 e. The van der Waals surface area contributed by atoms with Crippen molar-refractivity contribution in [2.75, 3.05) is 0 Å². The second kappa shape index (κ2) is 4.10. The lowest BCUT2D eigenvalue weighted by Gasteiger charge is -2.16. The Hall–Kier alpha value is -1.05. The van der Waals surface area contributed by atoms with Crippen molar-refractivity contribution in [2.24, 2.45) is 11.8 Å². The van der Waals surface area contributed by atoms with Crippen LogP contribution in [0.2, 0.25) is 0 Å². The van der Waals surface area contributed by atoms with Crippen molar-refractivity contribution in [3.05, 3.63) is 24.8 Å². The molecule has 0 spiro atoms. The Balaban J connectivity index is 2.52. The van der Waals surface area contributed by atoms with E-state index in [1.165, 1.54) is 0 Å². The molecule has 0 aromatic heterocycles. The number of hydrogen-bond acceptors (Lipinski definition) is 1. The van der Waals surface area contributed by atoms with Crippen LogP contribution < -0.4 is 0 Å². The van der Waals surface area contributed by atoms with Gasteiger partial charge in [0, 0.05) is 0 Å². The Kier molecular flexibility index (Phi) is 3.09. The summed E-state index contributed by atoms with van der Waals surface area (Å²) >= 11 is 0. The van der Waals surface area contributed by atoms with Crippen molar-refractivity contribution in [1.29, 1.82) is 0 Å². The van der Waals surface area contributed by atoms with Crippen LogP contribution in [0.5, 0.6) is 0 Å². The molecule has 0 saturated heterocycles. The fourth-order valence-electron chi connectivity index (χ4n) is 1.64. The van der Waals surface area contributed by atoms with Crippen molar-refractivity contribution in [3.8, 4) is 0 Å². The molecule has 12 heavy (non-hydrogen) atoms. The molecule has 1 aliphatic rings. The Labute approximate surface area is 72.6 Å². The van der Waals surface area contributed by atoms with Gasteiger partial charge in [0.1, 0.15) is 0 Å². The van der Waals surface area contributed by atoms with Gasteiger partial charge < -0.3 is 5.11 Å². The molecule has 0 radical (unpaired) electrons. The molecule has 0 heterocycles. The summed E-state index contributed by atoms with van der Waals surface area (Å²) in [5.41, 5.74) is 0. The lowest BCUT2D eigenvalue weighted by Crippen LogP contribution is -2.21. The summed E-state index contributed by atoms with van der Waals surface area (Å²) in [5.74, 6) is -0.637. The van der Waals surface area contributed by atoms with Crippen LogP contribution in [-0.2, 0) is 4.79 Å². The zero-order chi connectivity index (χ0) is 8.97. The number of hydrogen-bond donors (Lipinski definition) is 1. The van der Waals surface area contributed by atoms with E-state index in [9.17, 15) is 4.79 Å². The first-order chi connectivity index (χ1) is 5.75. The van der Waals surface area contributed by atoms with Crippen LogP contribution >= 0.6 is 0 Å². The van der Waals surface area contributed by atoms with Gasteiger partial charge in [-0.25, -0.2) is 0 Å². The Morgan fingerprint density at radius 3 is 2.67 bits per heavy atom.